The lowest BCUT2D eigenvalue weighted by Crippen LogP contribution is -2.25. The predicted molar refractivity (Wildman–Crippen MR) is 68.2 cm³/mol. The molecule has 0 atom stereocenters. The van der Waals surface area contributed by atoms with Crippen molar-refractivity contribution >= 4 is 23.4 Å². The van der Waals surface area contributed by atoms with Gasteiger partial charge in [-0.05, 0) is 25.3 Å². The third-order valence-corrected chi connectivity index (χ3v) is 3.35. The van der Waals surface area contributed by atoms with E-state index in [1.165, 1.54) is 19.2 Å². The number of hydrogen-bond donors (Lipinski definition) is 1. The monoisotopic (exact) mass is 284 g/mol. The highest BCUT2D eigenvalue weighted by molar-refractivity contribution is 6.45. The molecule has 2 rings (SSSR count). The summed E-state index contributed by atoms with van der Waals surface area (Å²) in [7, 11) is 1.46. The van der Waals surface area contributed by atoms with Crippen LogP contribution in [0.15, 0.2) is 12.1 Å². The molecule has 19 heavy (non-hydrogen) atoms. The van der Waals surface area contributed by atoms with Crippen LogP contribution in [-0.2, 0) is 4.79 Å². The molecule has 1 aromatic carbocycles. The van der Waals surface area contributed by atoms with Gasteiger partial charge in [-0.3, -0.25) is 4.79 Å². The molecule has 0 radical (unpaired) electrons. The summed E-state index contributed by atoms with van der Waals surface area (Å²) >= 11 is 5.88. The maximum atomic E-state index is 11.5. The van der Waals surface area contributed by atoms with Crippen LogP contribution >= 0.6 is 11.6 Å². The average Bonchev–Trinajstić information content (AvgIpc) is 2.33. The van der Waals surface area contributed by atoms with Crippen molar-refractivity contribution in [3.05, 3.63) is 22.7 Å². The van der Waals surface area contributed by atoms with Crippen molar-refractivity contribution in [2.45, 2.75) is 25.4 Å². The van der Waals surface area contributed by atoms with E-state index in [0.717, 1.165) is 19.3 Å². The van der Waals surface area contributed by atoms with Crippen LogP contribution in [0.4, 0.5) is 0 Å². The third kappa shape index (κ3) is 2.81. The summed E-state index contributed by atoms with van der Waals surface area (Å²) in [6.07, 6.45) is 3.06. The minimum Gasteiger partial charge on any atom is -0.493 e. The topological polar surface area (TPSA) is 72.8 Å². The maximum absolute atomic E-state index is 11.5. The van der Waals surface area contributed by atoms with Gasteiger partial charge in [-0.2, -0.15) is 0 Å². The van der Waals surface area contributed by atoms with Gasteiger partial charge in [-0.15, -0.1) is 0 Å². The fourth-order valence-electron chi connectivity index (χ4n) is 1.74. The summed E-state index contributed by atoms with van der Waals surface area (Å²) in [4.78, 5) is 22.2. The minimum absolute atomic E-state index is 0.0326. The molecule has 1 saturated carbocycles. The Kier molecular flexibility index (Phi) is 3.95. The number of aliphatic carboxylic acids is 1. The first kappa shape index (κ1) is 13.7. The lowest BCUT2D eigenvalue weighted by atomic mass is 9.96. The van der Waals surface area contributed by atoms with Crippen LogP contribution in [0.3, 0.4) is 0 Å². The molecule has 0 heterocycles. The summed E-state index contributed by atoms with van der Waals surface area (Å²) in [5, 5.41) is 8.77. The van der Waals surface area contributed by atoms with Gasteiger partial charge in [0.2, 0.25) is 0 Å². The van der Waals surface area contributed by atoms with Crippen molar-refractivity contribution in [3.8, 4) is 11.5 Å². The molecule has 1 N–H and O–H groups in total. The Balaban J connectivity index is 2.36. The first-order valence-electron chi connectivity index (χ1n) is 5.84. The predicted octanol–water partition coefficient (Wildman–Crippen LogP) is 2.55. The van der Waals surface area contributed by atoms with E-state index in [4.69, 9.17) is 26.2 Å². The number of hydrogen-bond acceptors (Lipinski definition) is 4. The SMILES string of the molecule is COc1cc(Cl)c(C(=O)C(=O)O)cc1OC1CCC1. The van der Waals surface area contributed by atoms with Crippen LogP contribution in [0.1, 0.15) is 29.6 Å². The van der Waals surface area contributed by atoms with Crippen molar-refractivity contribution in [3.63, 3.8) is 0 Å². The Morgan fingerprint density at radius 2 is 2.00 bits per heavy atom. The fraction of sp³-hybridized carbons (Fsp3) is 0.385. The van der Waals surface area contributed by atoms with Crippen molar-refractivity contribution in [1.29, 1.82) is 0 Å². The zero-order valence-corrected chi connectivity index (χ0v) is 11.1. The summed E-state index contributed by atoms with van der Waals surface area (Å²) in [5.74, 6) is -1.88. The van der Waals surface area contributed by atoms with Crippen LogP contribution in [-0.4, -0.2) is 30.1 Å². The van der Waals surface area contributed by atoms with Gasteiger partial charge in [0.15, 0.2) is 11.5 Å². The largest absolute Gasteiger partial charge is 0.493 e. The molecule has 1 aromatic rings. The molecule has 0 amide bonds. The van der Waals surface area contributed by atoms with E-state index in [0.29, 0.717) is 11.5 Å². The normalized spacial score (nSPS) is 14.6. The van der Waals surface area contributed by atoms with Gasteiger partial charge in [-0.25, -0.2) is 4.79 Å². The fourth-order valence-corrected chi connectivity index (χ4v) is 1.98. The quantitative estimate of drug-likeness (QED) is 0.664. The molecule has 102 valence electrons. The molecule has 0 bridgehead atoms. The number of halogens is 1. The average molecular weight is 285 g/mol. The van der Waals surface area contributed by atoms with Gasteiger partial charge in [0, 0.05) is 6.07 Å². The molecule has 6 heteroatoms. The molecule has 1 aliphatic carbocycles. The van der Waals surface area contributed by atoms with E-state index in [1.54, 1.807) is 0 Å². The van der Waals surface area contributed by atoms with E-state index in [2.05, 4.69) is 0 Å². The Hall–Kier alpha value is -1.75. The Morgan fingerprint density at radius 1 is 1.32 bits per heavy atom. The van der Waals surface area contributed by atoms with Gasteiger partial charge < -0.3 is 14.6 Å². The Morgan fingerprint density at radius 3 is 2.47 bits per heavy atom. The zero-order chi connectivity index (χ0) is 14.0. The number of ketones is 1. The summed E-state index contributed by atoms with van der Waals surface area (Å²) in [6.45, 7) is 0. The first-order valence-corrected chi connectivity index (χ1v) is 6.22. The van der Waals surface area contributed by atoms with Gasteiger partial charge >= 0.3 is 5.97 Å². The standard InChI is InChI=1S/C13H13ClO5/c1-18-10-6-9(14)8(12(15)13(16)17)5-11(10)19-7-3-2-4-7/h5-7H,2-4H2,1H3,(H,16,17). The maximum Gasteiger partial charge on any atom is 0.377 e. The van der Waals surface area contributed by atoms with Crippen LogP contribution in [0.25, 0.3) is 0 Å². The first-order chi connectivity index (χ1) is 9.02. The number of methoxy groups -OCH3 is 1. The van der Waals surface area contributed by atoms with Gasteiger partial charge in [0.05, 0.1) is 23.8 Å². The highest BCUT2D eigenvalue weighted by atomic mass is 35.5. The molecule has 1 aliphatic rings. The molecular formula is C13H13ClO5. The van der Waals surface area contributed by atoms with Crippen LogP contribution in [0.5, 0.6) is 11.5 Å². The second-order valence-electron chi connectivity index (χ2n) is 4.29. The van der Waals surface area contributed by atoms with Gasteiger partial charge in [0.1, 0.15) is 0 Å². The third-order valence-electron chi connectivity index (χ3n) is 3.04. The molecule has 0 unspecified atom stereocenters. The van der Waals surface area contributed by atoms with E-state index in [-0.39, 0.29) is 16.7 Å². The van der Waals surface area contributed by atoms with E-state index < -0.39 is 11.8 Å². The number of carboxylic acid groups (broad SMARTS) is 1. The van der Waals surface area contributed by atoms with Crippen molar-refractivity contribution in [2.24, 2.45) is 0 Å². The molecule has 5 nitrogen and oxygen atoms in total. The highest BCUT2D eigenvalue weighted by Gasteiger charge is 2.24. The highest BCUT2D eigenvalue weighted by Crippen LogP contribution is 2.36. The lowest BCUT2D eigenvalue weighted by molar-refractivity contribution is -0.131. The number of carbonyl (C=O) groups excluding carboxylic acids is 1. The van der Waals surface area contributed by atoms with E-state index in [1.807, 2.05) is 0 Å². The second kappa shape index (κ2) is 5.48. The van der Waals surface area contributed by atoms with Crippen LogP contribution in [0.2, 0.25) is 5.02 Å². The Bertz CT molecular complexity index is 522. The zero-order valence-electron chi connectivity index (χ0n) is 10.3. The number of rotatable bonds is 5. The molecule has 1 fully saturated rings. The van der Waals surface area contributed by atoms with E-state index in [9.17, 15) is 9.59 Å². The van der Waals surface area contributed by atoms with Crippen LogP contribution < -0.4 is 9.47 Å². The summed E-state index contributed by atoms with van der Waals surface area (Å²) in [5.41, 5.74) is -0.0932. The van der Waals surface area contributed by atoms with Gasteiger partial charge in [0.25, 0.3) is 5.78 Å². The molecule has 0 saturated heterocycles. The number of carboxylic acids is 1. The smallest absolute Gasteiger partial charge is 0.377 e. The van der Waals surface area contributed by atoms with Crippen molar-refractivity contribution in [2.75, 3.05) is 7.11 Å². The molecule has 0 spiro atoms. The van der Waals surface area contributed by atoms with Crippen LogP contribution in [0, 0.1) is 0 Å². The number of Topliss-reactive ketones (excluding diaryl/α,β-unsaturated/α-hetero) is 1. The Labute approximate surface area is 115 Å². The lowest BCUT2D eigenvalue weighted by Gasteiger charge is -2.27. The molecule has 0 aliphatic heterocycles. The number of ether oxygens (including phenoxy) is 2. The number of carbonyl (C=O) groups is 2. The minimum atomic E-state index is -1.55. The van der Waals surface area contributed by atoms with Gasteiger partial charge in [-0.1, -0.05) is 11.6 Å². The van der Waals surface area contributed by atoms with Crippen molar-refractivity contribution in [1.82, 2.24) is 0 Å². The summed E-state index contributed by atoms with van der Waals surface area (Å²) < 4.78 is 10.8. The summed E-state index contributed by atoms with van der Waals surface area (Å²) in [6, 6.07) is 2.72. The molecular weight excluding hydrogens is 272 g/mol. The second-order valence-corrected chi connectivity index (χ2v) is 4.70. The number of benzene rings is 1. The van der Waals surface area contributed by atoms with Crippen molar-refractivity contribution < 1.29 is 24.2 Å². The van der Waals surface area contributed by atoms with E-state index >= 15 is 0 Å². The molecule has 0 aromatic heterocycles.